The predicted molar refractivity (Wildman–Crippen MR) is 106 cm³/mol. The molecule has 0 unspecified atom stereocenters. The first kappa shape index (κ1) is 19.3. The minimum absolute atomic E-state index is 0.616. The number of aliphatic imine (C=N–C) groups is 1. The van der Waals surface area contributed by atoms with Crippen LogP contribution in [-0.4, -0.2) is 44.7 Å². The molecule has 0 amide bonds. The van der Waals surface area contributed by atoms with Gasteiger partial charge >= 0.3 is 0 Å². The van der Waals surface area contributed by atoms with Crippen molar-refractivity contribution in [1.82, 2.24) is 15.5 Å². The maximum Gasteiger partial charge on any atom is 0.191 e. The second-order valence-electron chi connectivity index (χ2n) is 5.93. The second kappa shape index (κ2) is 10.7. The average molecular weight is 361 g/mol. The summed E-state index contributed by atoms with van der Waals surface area (Å²) in [6, 6.07) is 12.3. The molecule has 2 N–H and O–H groups in total. The molecular weight excluding hydrogens is 332 g/mol. The van der Waals surface area contributed by atoms with E-state index in [9.17, 15) is 0 Å². The first-order valence-electron chi connectivity index (χ1n) is 8.58. The summed E-state index contributed by atoms with van der Waals surface area (Å²) in [5.74, 6) is 1.72. The number of nitrogens with zero attached hydrogens (tertiary/aromatic N) is 2. The van der Waals surface area contributed by atoms with E-state index in [4.69, 9.17) is 4.74 Å². The van der Waals surface area contributed by atoms with E-state index in [0.717, 1.165) is 36.9 Å². The fourth-order valence-electron chi connectivity index (χ4n) is 2.18. The molecule has 0 radical (unpaired) electrons. The van der Waals surface area contributed by atoms with E-state index in [-0.39, 0.29) is 0 Å². The van der Waals surface area contributed by atoms with E-state index >= 15 is 0 Å². The van der Waals surface area contributed by atoms with Crippen LogP contribution in [0.4, 0.5) is 0 Å². The predicted octanol–water partition coefficient (Wildman–Crippen LogP) is 2.94. The van der Waals surface area contributed by atoms with Crippen LogP contribution in [0.15, 0.2) is 46.8 Å². The molecule has 0 aliphatic carbocycles. The van der Waals surface area contributed by atoms with Gasteiger partial charge in [0.05, 0.1) is 13.1 Å². The molecule has 1 aromatic carbocycles. The number of ether oxygens (including phenoxy) is 1. The summed E-state index contributed by atoms with van der Waals surface area (Å²) >= 11 is 1.74. The summed E-state index contributed by atoms with van der Waals surface area (Å²) in [6.45, 7) is 5.90. The average Bonchev–Trinajstić information content (AvgIpc) is 3.11. The van der Waals surface area contributed by atoms with Crippen LogP contribution < -0.4 is 15.4 Å². The SMILES string of the molecule is CCNC(=NCc1cccc(OCCN(C)C)c1)NCc1cccs1. The maximum absolute atomic E-state index is 5.79. The highest BCUT2D eigenvalue weighted by molar-refractivity contribution is 7.09. The molecule has 2 aromatic rings. The van der Waals surface area contributed by atoms with Crippen LogP contribution in [0.5, 0.6) is 5.75 Å². The van der Waals surface area contributed by atoms with Gasteiger partial charge in [-0.1, -0.05) is 18.2 Å². The van der Waals surface area contributed by atoms with E-state index < -0.39 is 0 Å². The molecule has 1 heterocycles. The molecule has 0 saturated heterocycles. The van der Waals surface area contributed by atoms with Crippen molar-refractivity contribution in [3.05, 3.63) is 52.2 Å². The summed E-state index contributed by atoms with van der Waals surface area (Å²) < 4.78 is 5.79. The zero-order valence-electron chi connectivity index (χ0n) is 15.3. The normalized spacial score (nSPS) is 11.6. The van der Waals surface area contributed by atoms with E-state index in [1.54, 1.807) is 11.3 Å². The van der Waals surface area contributed by atoms with Gasteiger partial charge in [0.25, 0.3) is 0 Å². The number of rotatable bonds is 9. The monoisotopic (exact) mass is 360 g/mol. The number of benzene rings is 1. The summed E-state index contributed by atoms with van der Waals surface area (Å²) in [5.41, 5.74) is 1.13. The number of hydrogen-bond acceptors (Lipinski definition) is 4. The second-order valence-corrected chi connectivity index (χ2v) is 6.96. The highest BCUT2D eigenvalue weighted by Crippen LogP contribution is 2.14. The number of guanidine groups is 1. The minimum atomic E-state index is 0.616. The number of likely N-dealkylation sites (N-methyl/N-ethyl adjacent to an activating group) is 1. The van der Waals surface area contributed by atoms with Crippen molar-refractivity contribution in [3.63, 3.8) is 0 Å². The first-order valence-corrected chi connectivity index (χ1v) is 9.46. The van der Waals surface area contributed by atoms with E-state index in [0.29, 0.717) is 13.2 Å². The van der Waals surface area contributed by atoms with Crippen LogP contribution >= 0.6 is 11.3 Å². The van der Waals surface area contributed by atoms with Crippen LogP contribution in [0.3, 0.4) is 0 Å². The van der Waals surface area contributed by atoms with Gasteiger partial charge in [-0.05, 0) is 50.2 Å². The van der Waals surface area contributed by atoms with Crippen LogP contribution in [0, 0.1) is 0 Å². The standard InChI is InChI=1S/C19H28N4OS/c1-4-20-19(22-15-18-9-6-12-25-18)21-14-16-7-5-8-17(13-16)24-11-10-23(2)3/h5-9,12-13H,4,10-11,14-15H2,1-3H3,(H2,20,21,22). The molecule has 0 spiro atoms. The lowest BCUT2D eigenvalue weighted by molar-refractivity contribution is 0.261. The first-order chi connectivity index (χ1) is 12.2. The van der Waals surface area contributed by atoms with Gasteiger partial charge in [-0.2, -0.15) is 0 Å². The Kier molecular flexibility index (Phi) is 8.28. The number of thiophene rings is 1. The largest absolute Gasteiger partial charge is 0.492 e. The molecule has 6 heteroatoms. The molecule has 136 valence electrons. The molecule has 0 fully saturated rings. The molecule has 0 bridgehead atoms. The molecular formula is C19H28N4OS. The Morgan fingerprint density at radius 1 is 1.20 bits per heavy atom. The maximum atomic E-state index is 5.79. The topological polar surface area (TPSA) is 48.9 Å². The summed E-state index contributed by atoms with van der Waals surface area (Å²) in [7, 11) is 4.08. The Labute approximate surface area is 154 Å². The number of hydrogen-bond donors (Lipinski definition) is 2. The minimum Gasteiger partial charge on any atom is -0.492 e. The van der Waals surface area contributed by atoms with Crippen molar-refractivity contribution in [2.24, 2.45) is 4.99 Å². The van der Waals surface area contributed by atoms with Crippen molar-refractivity contribution >= 4 is 17.3 Å². The molecule has 2 rings (SSSR count). The van der Waals surface area contributed by atoms with Crippen LogP contribution in [0.25, 0.3) is 0 Å². The van der Waals surface area contributed by atoms with Gasteiger partial charge < -0.3 is 20.3 Å². The van der Waals surface area contributed by atoms with Crippen LogP contribution in [0.1, 0.15) is 17.4 Å². The molecule has 1 aromatic heterocycles. The fourth-order valence-corrected chi connectivity index (χ4v) is 2.82. The van der Waals surface area contributed by atoms with Crippen LogP contribution in [0.2, 0.25) is 0 Å². The lowest BCUT2D eigenvalue weighted by atomic mass is 10.2. The van der Waals surface area contributed by atoms with Gasteiger partial charge in [-0.3, -0.25) is 0 Å². The third-order valence-electron chi connectivity index (χ3n) is 3.48. The summed E-state index contributed by atoms with van der Waals surface area (Å²) in [4.78, 5) is 8.07. The lowest BCUT2D eigenvalue weighted by Gasteiger charge is -2.12. The summed E-state index contributed by atoms with van der Waals surface area (Å²) in [6.07, 6.45) is 0. The van der Waals surface area contributed by atoms with Crippen molar-refractivity contribution in [1.29, 1.82) is 0 Å². The van der Waals surface area contributed by atoms with Gasteiger partial charge in [0.1, 0.15) is 12.4 Å². The van der Waals surface area contributed by atoms with Crippen molar-refractivity contribution in [2.45, 2.75) is 20.0 Å². The highest BCUT2D eigenvalue weighted by atomic mass is 32.1. The molecule has 0 aliphatic rings. The van der Waals surface area contributed by atoms with E-state index in [2.05, 4.69) is 57.1 Å². The van der Waals surface area contributed by atoms with Gasteiger partial charge in [0, 0.05) is 18.0 Å². The quantitative estimate of drug-likeness (QED) is 0.533. The van der Waals surface area contributed by atoms with E-state index in [1.165, 1.54) is 4.88 Å². The Balaban J connectivity index is 1.89. The van der Waals surface area contributed by atoms with Gasteiger partial charge in [-0.15, -0.1) is 11.3 Å². The third kappa shape index (κ3) is 7.58. The third-order valence-corrected chi connectivity index (χ3v) is 4.36. The fraction of sp³-hybridized carbons (Fsp3) is 0.421. The Bertz CT molecular complexity index is 641. The number of nitrogens with one attached hydrogen (secondary N) is 2. The Morgan fingerprint density at radius 3 is 2.80 bits per heavy atom. The van der Waals surface area contributed by atoms with Gasteiger partial charge in [0.15, 0.2) is 5.96 Å². The molecule has 0 saturated carbocycles. The smallest absolute Gasteiger partial charge is 0.191 e. The molecule has 25 heavy (non-hydrogen) atoms. The Morgan fingerprint density at radius 2 is 2.08 bits per heavy atom. The molecule has 5 nitrogen and oxygen atoms in total. The van der Waals surface area contributed by atoms with Crippen molar-refractivity contribution < 1.29 is 4.74 Å². The van der Waals surface area contributed by atoms with Crippen LogP contribution in [-0.2, 0) is 13.1 Å². The Hall–Kier alpha value is -2.05. The van der Waals surface area contributed by atoms with Gasteiger partial charge in [-0.25, -0.2) is 4.99 Å². The highest BCUT2D eigenvalue weighted by Gasteiger charge is 2.01. The van der Waals surface area contributed by atoms with Crippen molar-refractivity contribution in [2.75, 3.05) is 33.8 Å². The summed E-state index contributed by atoms with van der Waals surface area (Å²) in [5, 5.41) is 8.74. The zero-order valence-corrected chi connectivity index (χ0v) is 16.1. The molecule has 0 atom stereocenters. The lowest BCUT2D eigenvalue weighted by Crippen LogP contribution is -2.36. The van der Waals surface area contributed by atoms with E-state index in [1.807, 2.05) is 26.2 Å². The van der Waals surface area contributed by atoms with Crippen molar-refractivity contribution in [3.8, 4) is 5.75 Å². The zero-order chi connectivity index (χ0) is 17.9. The molecule has 0 aliphatic heterocycles. The van der Waals surface area contributed by atoms with Gasteiger partial charge in [0.2, 0.25) is 0 Å².